The summed E-state index contributed by atoms with van der Waals surface area (Å²) in [6, 6.07) is 8.75. The summed E-state index contributed by atoms with van der Waals surface area (Å²) < 4.78 is 0. The van der Waals surface area contributed by atoms with Crippen LogP contribution in [0.1, 0.15) is 25.3 Å². The average molecular weight is 207 g/mol. The number of aryl methyl sites for hydroxylation is 1. The van der Waals surface area contributed by atoms with Gasteiger partial charge in [0.15, 0.2) is 0 Å². The Bertz CT molecular complexity index is 318. The second-order valence-electron chi connectivity index (χ2n) is 3.81. The molecule has 1 atom stereocenters. The molecule has 0 amide bonds. The number of thioether (sulfide) groups is 1. The molecule has 0 fully saturated rings. The normalized spacial score (nSPS) is 25.9. The topological polar surface area (TPSA) is 12.0 Å². The maximum atomic E-state index is 3.47. The summed E-state index contributed by atoms with van der Waals surface area (Å²) in [6.07, 6.45) is 3.63. The van der Waals surface area contributed by atoms with Gasteiger partial charge >= 0.3 is 0 Å². The largest absolute Gasteiger partial charge is 0.306 e. The molecule has 2 heteroatoms. The second-order valence-corrected chi connectivity index (χ2v) is 5.23. The maximum absolute atomic E-state index is 3.47. The molecule has 0 radical (unpaired) electrons. The first-order valence-corrected chi connectivity index (χ1v) is 6.07. The Balaban J connectivity index is 2.28. The van der Waals surface area contributed by atoms with Crippen LogP contribution in [0.5, 0.6) is 0 Å². The molecular weight excluding hydrogens is 190 g/mol. The third-order valence-corrected chi connectivity index (χ3v) is 4.81. The van der Waals surface area contributed by atoms with Gasteiger partial charge in [0.05, 0.1) is 4.87 Å². The van der Waals surface area contributed by atoms with Crippen LogP contribution in [0.2, 0.25) is 0 Å². The van der Waals surface area contributed by atoms with Gasteiger partial charge in [-0.05, 0) is 37.9 Å². The Labute approximate surface area is 90.3 Å². The van der Waals surface area contributed by atoms with Gasteiger partial charge in [0.1, 0.15) is 0 Å². The lowest BCUT2D eigenvalue weighted by Crippen LogP contribution is -2.41. The molecule has 0 aliphatic carbocycles. The van der Waals surface area contributed by atoms with Crippen LogP contribution in [0, 0.1) is 0 Å². The van der Waals surface area contributed by atoms with Crippen molar-refractivity contribution in [2.24, 2.45) is 0 Å². The zero-order valence-electron chi connectivity index (χ0n) is 8.84. The third kappa shape index (κ3) is 1.69. The smallest absolute Gasteiger partial charge is 0.0690 e. The van der Waals surface area contributed by atoms with Crippen molar-refractivity contribution < 1.29 is 0 Å². The molecule has 0 bridgehead atoms. The van der Waals surface area contributed by atoms with E-state index in [0.717, 1.165) is 0 Å². The van der Waals surface area contributed by atoms with E-state index < -0.39 is 0 Å². The van der Waals surface area contributed by atoms with E-state index in [9.17, 15) is 0 Å². The minimum absolute atomic E-state index is 0.272. The fraction of sp³-hybridized carbons (Fsp3) is 0.500. The summed E-state index contributed by atoms with van der Waals surface area (Å²) in [5, 5.41) is 3.47. The predicted octanol–water partition coefficient (Wildman–Crippen LogP) is 3.05. The number of fused-ring (bicyclic) bond motifs is 1. The first kappa shape index (κ1) is 10.1. The molecule has 2 rings (SSSR count). The molecular formula is C12H17NS. The van der Waals surface area contributed by atoms with Crippen molar-refractivity contribution >= 4 is 11.8 Å². The number of hydrogen-bond acceptors (Lipinski definition) is 2. The summed E-state index contributed by atoms with van der Waals surface area (Å²) in [5.41, 5.74) is 1.51. The van der Waals surface area contributed by atoms with Crippen molar-refractivity contribution in [3.05, 3.63) is 29.8 Å². The highest BCUT2D eigenvalue weighted by Gasteiger charge is 2.31. The molecule has 1 aromatic rings. The lowest BCUT2D eigenvalue weighted by molar-refractivity contribution is 0.450. The molecule has 1 aromatic carbocycles. The van der Waals surface area contributed by atoms with E-state index in [-0.39, 0.29) is 4.87 Å². The van der Waals surface area contributed by atoms with E-state index in [1.165, 1.54) is 29.7 Å². The Hall–Kier alpha value is -0.470. The van der Waals surface area contributed by atoms with Crippen molar-refractivity contribution in [3.8, 4) is 0 Å². The Morgan fingerprint density at radius 2 is 2.21 bits per heavy atom. The van der Waals surface area contributed by atoms with Crippen LogP contribution in [-0.2, 0) is 6.42 Å². The highest BCUT2D eigenvalue weighted by atomic mass is 32.2. The lowest BCUT2D eigenvalue weighted by Gasteiger charge is -2.36. The quantitative estimate of drug-likeness (QED) is 0.800. The molecule has 1 N–H and O–H groups in total. The van der Waals surface area contributed by atoms with Gasteiger partial charge in [-0.3, -0.25) is 0 Å². The average Bonchev–Trinajstić information content (AvgIpc) is 2.28. The van der Waals surface area contributed by atoms with Crippen molar-refractivity contribution in [2.45, 2.75) is 36.0 Å². The molecule has 1 heterocycles. The van der Waals surface area contributed by atoms with Crippen LogP contribution in [-0.4, -0.2) is 11.9 Å². The summed E-state index contributed by atoms with van der Waals surface area (Å²) in [7, 11) is 2.07. The number of rotatable bonds is 2. The van der Waals surface area contributed by atoms with Crippen LogP contribution in [0.15, 0.2) is 29.2 Å². The number of hydrogen-bond donors (Lipinski definition) is 1. The van der Waals surface area contributed by atoms with E-state index in [1.807, 2.05) is 11.8 Å². The van der Waals surface area contributed by atoms with Crippen LogP contribution >= 0.6 is 11.8 Å². The van der Waals surface area contributed by atoms with Gasteiger partial charge < -0.3 is 5.32 Å². The molecule has 1 nitrogen and oxygen atoms in total. The van der Waals surface area contributed by atoms with Gasteiger partial charge in [-0.1, -0.05) is 25.1 Å². The predicted molar refractivity (Wildman–Crippen MR) is 62.7 cm³/mol. The molecule has 1 aliphatic heterocycles. The number of nitrogens with one attached hydrogen (secondary N) is 1. The molecule has 14 heavy (non-hydrogen) atoms. The highest BCUT2D eigenvalue weighted by molar-refractivity contribution is 8.00. The zero-order valence-corrected chi connectivity index (χ0v) is 9.66. The van der Waals surface area contributed by atoms with Crippen molar-refractivity contribution in [1.82, 2.24) is 5.32 Å². The van der Waals surface area contributed by atoms with E-state index >= 15 is 0 Å². The fourth-order valence-electron chi connectivity index (χ4n) is 2.01. The van der Waals surface area contributed by atoms with Crippen molar-refractivity contribution in [2.75, 3.05) is 7.05 Å². The molecule has 0 saturated carbocycles. The van der Waals surface area contributed by atoms with E-state index in [2.05, 4.69) is 43.6 Å². The third-order valence-electron chi connectivity index (χ3n) is 3.10. The van der Waals surface area contributed by atoms with Crippen LogP contribution in [0.3, 0.4) is 0 Å². The Morgan fingerprint density at radius 3 is 2.93 bits per heavy atom. The SMILES string of the molecule is CCC1(NC)CCc2ccccc2S1. The Kier molecular flexibility index (Phi) is 2.84. The van der Waals surface area contributed by atoms with E-state index in [4.69, 9.17) is 0 Å². The van der Waals surface area contributed by atoms with Crippen LogP contribution < -0.4 is 5.32 Å². The van der Waals surface area contributed by atoms with Gasteiger partial charge in [-0.15, -0.1) is 11.8 Å². The van der Waals surface area contributed by atoms with Gasteiger partial charge in [-0.25, -0.2) is 0 Å². The minimum Gasteiger partial charge on any atom is -0.306 e. The minimum atomic E-state index is 0.272. The Morgan fingerprint density at radius 1 is 1.43 bits per heavy atom. The van der Waals surface area contributed by atoms with Crippen LogP contribution in [0.4, 0.5) is 0 Å². The van der Waals surface area contributed by atoms with Gasteiger partial charge in [-0.2, -0.15) is 0 Å². The zero-order chi connectivity index (χ0) is 10.0. The summed E-state index contributed by atoms with van der Waals surface area (Å²) in [6.45, 7) is 2.26. The van der Waals surface area contributed by atoms with Crippen molar-refractivity contribution in [1.29, 1.82) is 0 Å². The van der Waals surface area contributed by atoms with E-state index in [0.29, 0.717) is 0 Å². The fourth-order valence-corrected chi connectivity index (χ4v) is 3.33. The second kappa shape index (κ2) is 3.95. The molecule has 0 aromatic heterocycles. The first-order chi connectivity index (χ1) is 6.79. The molecule has 0 spiro atoms. The lowest BCUT2D eigenvalue weighted by atomic mass is 10.0. The van der Waals surface area contributed by atoms with Gasteiger partial charge in [0, 0.05) is 4.90 Å². The first-order valence-electron chi connectivity index (χ1n) is 5.25. The summed E-state index contributed by atoms with van der Waals surface area (Å²) >= 11 is 1.99. The highest BCUT2D eigenvalue weighted by Crippen LogP contribution is 2.42. The summed E-state index contributed by atoms with van der Waals surface area (Å²) in [5.74, 6) is 0. The van der Waals surface area contributed by atoms with Crippen LogP contribution in [0.25, 0.3) is 0 Å². The summed E-state index contributed by atoms with van der Waals surface area (Å²) in [4.78, 5) is 1.73. The molecule has 1 unspecified atom stereocenters. The number of benzene rings is 1. The van der Waals surface area contributed by atoms with E-state index in [1.54, 1.807) is 0 Å². The van der Waals surface area contributed by atoms with Crippen molar-refractivity contribution in [3.63, 3.8) is 0 Å². The standard InChI is InChI=1S/C12H17NS/c1-3-12(13-2)9-8-10-6-4-5-7-11(10)14-12/h4-7,13H,3,8-9H2,1-2H3. The van der Waals surface area contributed by atoms with Gasteiger partial charge in [0.2, 0.25) is 0 Å². The van der Waals surface area contributed by atoms with Gasteiger partial charge in [0.25, 0.3) is 0 Å². The molecule has 76 valence electrons. The monoisotopic (exact) mass is 207 g/mol. The molecule has 0 saturated heterocycles. The maximum Gasteiger partial charge on any atom is 0.0690 e. The molecule has 1 aliphatic rings.